The number of halogens is 2. The highest BCUT2D eigenvalue weighted by Crippen LogP contribution is 2.29. The van der Waals surface area contributed by atoms with Crippen LogP contribution in [0.3, 0.4) is 0 Å². The van der Waals surface area contributed by atoms with Crippen molar-refractivity contribution in [2.45, 2.75) is 18.9 Å². The van der Waals surface area contributed by atoms with Crippen LogP contribution in [0, 0.1) is 0 Å². The molecule has 0 aliphatic carbocycles. The zero-order valence-electron chi connectivity index (χ0n) is 9.67. The minimum absolute atomic E-state index is 0.0877. The highest BCUT2D eigenvalue weighted by molar-refractivity contribution is 6.42. The van der Waals surface area contributed by atoms with Crippen molar-refractivity contribution >= 4 is 34.2 Å². The van der Waals surface area contributed by atoms with Gasteiger partial charge in [0.2, 0.25) is 0 Å². The average molecular weight is 286 g/mol. The third-order valence-corrected chi connectivity index (χ3v) is 4.15. The third-order valence-electron chi connectivity index (χ3n) is 3.43. The topological polar surface area (TPSA) is 49.8 Å². The van der Waals surface area contributed by atoms with Gasteiger partial charge in [-0.25, -0.2) is 4.79 Å². The number of hydrogen-bond donors (Lipinski definition) is 2. The Morgan fingerprint density at radius 3 is 2.56 bits per heavy atom. The van der Waals surface area contributed by atoms with Gasteiger partial charge in [-0.2, -0.15) is 0 Å². The Morgan fingerprint density at radius 1 is 1.17 bits per heavy atom. The predicted octanol–water partition coefficient (Wildman–Crippen LogP) is 2.56. The molecule has 3 rings (SSSR count). The van der Waals surface area contributed by atoms with E-state index in [4.69, 9.17) is 23.2 Å². The molecule has 1 aliphatic rings. The summed E-state index contributed by atoms with van der Waals surface area (Å²) in [6, 6.07) is 3.70. The van der Waals surface area contributed by atoms with Crippen LogP contribution in [-0.4, -0.2) is 22.6 Å². The van der Waals surface area contributed by atoms with E-state index in [0.29, 0.717) is 10.0 Å². The summed E-state index contributed by atoms with van der Waals surface area (Å²) in [5.74, 6) is 0. The summed E-state index contributed by atoms with van der Waals surface area (Å²) in [6.45, 7) is 1.87. The smallest absolute Gasteiger partial charge is 0.317 e. The summed E-state index contributed by atoms with van der Waals surface area (Å²) in [5.41, 5.74) is 1.49. The number of aromatic nitrogens is 2. The van der Waals surface area contributed by atoms with Gasteiger partial charge >= 0.3 is 5.69 Å². The number of piperidine rings is 1. The molecule has 0 radical (unpaired) electrons. The SMILES string of the molecule is O=c1[nH]c2cc(Cl)c(Cl)cc2n1C1CCNCC1. The monoisotopic (exact) mass is 285 g/mol. The molecule has 0 atom stereocenters. The number of imidazole rings is 1. The van der Waals surface area contributed by atoms with E-state index >= 15 is 0 Å². The number of nitrogens with zero attached hydrogens (tertiary/aromatic N) is 1. The van der Waals surface area contributed by atoms with Gasteiger partial charge in [-0.3, -0.25) is 4.57 Å². The summed E-state index contributed by atoms with van der Waals surface area (Å²) in [5, 5.41) is 4.23. The summed E-state index contributed by atoms with van der Waals surface area (Å²) in [6.07, 6.45) is 1.90. The van der Waals surface area contributed by atoms with E-state index in [0.717, 1.165) is 37.0 Å². The van der Waals surface area contributed by atoms with Crippen molar-refractivity contribution in [1.29, 1.82) is 0 Å². The number of aromatic amines is 1. The molecular formula is C12H13Cl2N3O. The fourth-order valence-corrected chi connectivity index (χ4v) is 2.87. The van der Waals surface area contributed by atoms with Crippen molar-refractivity contribution in [3.63, 3.8) is 0 Å². The van der Waals surface area contributed by atoms with Gasteiger partial charge < -0.3 is 10.3 Å². The Hall–Kier alpha value is -0.970. The maximum Gasteiger partial charge on any atom is 0.326 e. The Morgan fingerprint density at radius 2 is 1.83 bits per heavy atom. The third kappa shape index (κ3) is 1.94. The summed E-state index contributed by atoms with van der Waals surface area (Å²) < 4.78 is 1.80. The molecule has 1 saturated heterocycles. The number of nitrogens with one attached hydrogen (secondary N) is 2. The molecule has 18 heavy (non-hydrogen) atoms. The van der Waals surface area contributed by atoms with Crippen molar-refractivity contribution in [3.8, 4) is 0 Å². The summed E-state index contributed by atoms with van der Waals surface area (Å²) >= 11 is 12.0. The van der Waals surface area contributed by atoms with E-state index in [1.54, 1.807) is 16.7 Å². The molecule has 2 aromatic rings. The molecule has 4 nitrogen and oxygen atoms in total. The van der Waals surface area contributed by atoms with Crippen molar-refractivity contribution in [1.82, 2.24) is 14.9 Å². The molecule has 6 heteroatoms. The number of H-pyrrole nitrogens is 1. The van der Waals surface area contributed by atoms with Crippen LogP contribution in [0.15, 0.2) is 16.9 Å². The van der Waals surface area contributed by atoms with Crippen LogP contribution in [0.2, 0.25) is 10.0 Å². The second kappa shape index (κ2) is 4.61. The number of benzene rings is 1. The van der Waals surface area contributed by atoms with E-state index in [2.05, 4.69) is 10.3 Å². The van der Waals surface area contributed by atoms with E-state index in [9.17, 15) is 4.79 Å². The van der Waals surface area contributed by atoms with Gasteiger partial charge in [0.25, 0.3) is 0 Å². The number of hydrogen-bond acceptors (Lipinski definition) is 2. The normalized spacial score (nSPS) is 17.4. The second-order valence-corrected chi connectivity index (χ2v) is 5.38. The van der Waals surface area contributed by atoms with Crippen molar-refractivity contribution < 1.29 is 0 Å². The van der Waals surface area contributed by atoms with E-state index in [1.807, 2.05) is 0 Å². The Kier molecular flexibility index (Phi) is 3.09. The molecular weight excluding hydrogens is 273 g/mol. The fourth-order valence-electron chi connectivity index (χ4n) is 2.55. The van der Waals surface area contributed by atoms with Gasteiger partial charge in [0.1, 0.15) is 0 Å². The Bertz CT molecular complexity index is 641. The molecule has 1 fully saturated rings. The van der Waals surface area contributed by atoms with E-state index in [-0.39, 0.29) is 11.7 Å². The maximum atomic E-state index is 12.1. The molecule has 2 heterocycles. The fraction of sp³-hybridized carbons (Fsp3) is 0.417. The standard InChI is InChI=1S/C12H13Cl2N3O/c13-8-5-10-11(6-9(8)14)17(12(18)16-10)7-1-3-15-4-2-7/h5-7,15H,1-4H2,(H,16,18). The van der Waals surface area contributed by atoms with Crippen LogP contribution >= 0.6 is 23.2 Å². The van der Waals surface area contributed by atoms with Crippen LogP contribution < -0.4 is 11.0 Å². The molecule has 1 aliphatic heterocycles. The van der Waals surface area contributed by atoms with E-state index in [1.165, 1.54) is 0 Å². The van der Waals surface area contributed by atoms with Gasteiger partial charge in [-0.05, 0) is 38.1 Å². The summed E-state index contributed by atoms with van der Waals surface area (Å²) in [7, 11) is 0. The molecule has 2 N–H and O–H groups in total. The second-order valence-electron chi connectivity index (χ2n) is 4.56. The first-order valence-corrected chi connectivity index (χ1v) is 6.72. The van der Waals surface area contributed by atoms with Crippen LogP contribution in [0.1, 0.15) is 18.9 Å². The largest absolute Gasteiger partial charge is 0.326 e. The summed E-state index contributed by atoms with van der Waals surface area (Å²) in [4.78, 5) is 14.9. The minimum Gasteiger partial charge on any atom is -0.317 e. The van der Waals surface area contributed by atoms with Gasteiger partial charge in [-0.15, -0.1) is 0 Å². The molecule has 1 aromatic heterocycles. The number of rotatable bonds is 1. The van der Waals surface area contributed by atoms with Gasteiger partial charge in [0, 0.05) is 6.04 Å². The highest BCUT2D eigenvalue weighted by Gasteiger charge is 2.20. The van der Waals surface area contributed by atoms with Gasteiger partial charge in [0.05, 0.1) is 21.1 Å². The lowest BCUT2D eigenvalue weighted by Gasteiger charge is -2.23. The van der Waals surface area contributed by atoms with Gasteiger partial charge in [0.15, 0.2) is 0 Å². The van der Waals surface area contributed by atoms with Crippen LogP contribution in [-0.2, 0) is 0 Å². The van der Waals surface area contributed by atoms with Crippen LogP contribution in [0.5, 0.6) is 0 Å². The quantitative estimate of drug-likeness (QED) is 0.846. The van der Waals surface area contributed by atoms with Crippen molar-refractivity contribution in [2.24, 2.45) is 0 Å². The number of fused-ring (bicyclic) bond motifs is 1. The predicted molar refractivity (Wildman–Crippen MR) is 73.7 cm³/mol. The first kappa shape index (κ1) is 12.1. The zero-order valence-corrected chi connectivity index (χ0v) is 11.2. The molecule has 1 aromatic carbocycles. The van der Waals surface area contributed by atoms with Crippen LogP contribution in [0.25, 0.3) is 11.0 Å². The first-order valence-electron chi connectivity index (χ1n) is 5.97. The first-order chi connectivity index (χ1) is 8.66. The molecule has 0 saturated carbocycles. The maximum absolute atomic E-state index is 12.1. The highest BCUT2D eigenvalue weighted by atomic mass is 35.5. The van der Waals surface area contributed by atoms with Gasteiger partial charge in [-0.1, -0.05) is 23.2 Å². The molecule has 0 unspecified atom stereocenters. The zero-order chi connectivity index (χ0) is 12.7. The molecule has 0 amide bonds. The lowest BCUT2D eigenvalue weighted by atomic mass is 10.1. The van der Waals surface area contributed by atoms with Crippen molar-refractivity contribution in [3.05, 3.63) is 32.7 Å². The molecule has 96 valence electrons. The van der Waals surface area contributed by atoms with Crippen molar-refractivity contribution in [2.75, 3.05) is 13.1 Å². The average Bonchev–Trinajstić information content (AvgIpc) is 2.66. The van der Waals surface area contributed by atoms with E-state index < -0.39 is 0 Å². The molecule has 0 bridgehead atoms. The Balaban J connectivity index is 2.18. The Labute approximate surface area is 114 Å². The molecule has 0 spiro atoms. The minimum atomic E-state index is -0.0877. The van der Waals surface area contributed by atoms with Crippen LogP contribution in [0.4, 0.5) is 0 Å². The lowest BCUT2D eigenvalue weighted by Crippen LogP contribution is -2.33. The lowest BCUT2D eigenvalue weighted by molar-refractivity contribution is 0.368.